The minimum Gasteiger partial charge on any atom is -0.465 e. The SMILES string of the molecule is COC(=O)c1ccccc1N(CCCl)CCCl. The van der Waals surface area contributed by atoms with Gasteiger partial charge in [-0.2, -0.15) is 0 Å². The molecule has 0 N–H and O–H groups in total. The van der Waals surface area contributed by atoms with E-state index in [1.54, 1.807) is 12.1 Å². The average molecular weight is 276 g/mol. The quantitative estimate of drug-likeness (QED) is 0.591. The van der Waals surface area contributed by atoms with Crippen molar-refractivity contribution in [2.45, 2.75) is 0 Å². The first-order valence-corrected chi connectivity index (χ1v) is 6.35. The number of esters is 1. The first-order chi connectivity index (χ1) is 8.24. The summed E-state index contributed by atoms with van der Waals surface area (Å²) in [6.45, 7) is 1.28. The molecule has 0 radical (unpaired) electrons. The number of nitrogens with zero attached hydrogens (tertiary/aromatic N) is 1. The predicted octanol–water partition coefficient (Wildman–Crippen LogP) is 2.76. The van der Waals surface area contributed by atoms with Crippen molar-refractivity contribution in [3.05, 3.63) is 29.8 Å². The Kier molecular flexibility index (Phi) is 6.16. The van der Waals surface area contributed by atoms with Gasteiger partial charge < -0.3 is 9.64 Å². The Morgan fingerprint density at radius 1 is 1.24 bits per heavy atom. The maximum absolute atomic E-state index is 11.6. The van der Waals surface area contributed by atoms with Crippen LogP contribution in [0.15, 0.2) is 24.3 Å². The molecule has 0 spiro atoms. The normalized spacial score (nSPS) is 10.1. The van der Waals surface area contributed by atoms with Crippen LogP contribution in [0.4, 0.5) is 5.69 Å². The van der Waals surface area contributed by atoms with Crippen molar-refractivity contribution in [1.29, 1.82) is 0 Å². The van der Waals surface area contributed by atoms with Crippen LogP contribution in [0.1, 0.15) is 10.4 Å². The number of hydrogen-bond donors (Lipinski definition) is 0. The molecule has 0 aliphatic rings. The number of methoxy groups -OCH3 is 1. The number of ether oxygens (including phenoxy) is 1. The second-order valence-electron chi connectivity index (χ2n) is 3.37. The summed E-state index contributed by atoms with van der Waals surface area (Å²) in [5, 5.41) is 0. The van der Waals surface area contributed by atoms with Crippen LogP contribution in [0, 0.1) is 0 Å². The molecule has 0 saturated carbocycles. The van der Waals surface area contributed by atoms with Crippen molar-refractivity contribution < 1.29 is 9.53 Å². The molecule has 0 atom stereocenters. The highest BCUT2D eigenvalue weighted by molar-refractivity contribution is 6.18. The van der Waals surface area contributed by atoms with E-state index in [1.807, 2.05) is 17.0 Å². The van der Waals surface area contributed by atoms with Crippen molar-refractivity contribution in [2.75, 3.05) is 36.9 Å². The van der Waals surface area contributed by atoms with Gasteiger partial charge in [0.15, 0.2) is 0 Å². The topological polar surface area (TPSA) is 29.5 Å². The Labute approximate surface area is 111 Å². The molecule has 0 heterocycles. The fraction of sp³-hybridized carbons (Fsp3) is 0.417. The number of hydrogen-bond acceptors (Lipinski definition) is 3. The monoisotopic (exact) mass is 275 g/mol. The van der Waals surface area contributed by atoms with Crippen LogP contribution in [0.3, 0.4) is 0 Å². The highest BCUT2D eigenvalue weighted by Gasteiger charge is 2.15. The van der Waals surface area contributed by atoms with Gasteiger partial charge in [-0.3, -0.25) is 0 Å². The summed E-state index contributed by atoms with van der Waals surface area (Å²) in [4.78, 5) is 13.6. The maximum atomic E-state index is 11.6. The fourth-order valence-electron chi connectivity index (χ4n) is 1.59. The van der Waals surface area contributed by atoms with Crippen LogP contribution in [-0.4, -0.2) is 37.9 Å². The van der Waals surface area contributed by atoms with Gasteiger partial charge in [-0.05, 0) is 12.1 Å². The lowest BCUT2D eigenvalue weighted by molar-refractivity contribution is 0.0601. The third-order valence-electron chi connectivity index (χ3n) is 2.36. The number of anilines is 1. The molecule has 0 aromatic heterocycles. The van der Waals surface area contributed by atoms with Crippen LogP contribution >= 0.6 is 23.2 Å². The zero-order valence-electron chi connectivity index (χ0n) is 9.66. The first kappa shape index (κ1) is 14.1. The van der Waals surface area contributed by atoms with Crippen molar-refractivity contribution in [3.8, 4) is 0 Å². The minimum absolute atomic E-state index is 0.352. The minimum atomic E-state index is -0.352. The highest BCUT2D eigenvalue weighted by atomic mass is 35.5. The zero-order valence-corrected chi connectivity index (χ0v) is 11.2. The third kappa shape index (κ3) is 3.79. The number of rotatable bonds is 6. The van der Waals surface area contributed by atoms with Gasteiger partial charge in [-0.15, -0.1) is 23.2 Å². The second-order valence-corrected chi connectivity index (χ2v) is 4.13. The van der Waals surface area contributed by atoms with Crippen molar-refractivity contribution in [3.63, 3.8) is 0 Å². The maximum Gasteiger partial charge on any atom is 0.339 e. The smallest absolute Gasteiger partial charge is 0.339 e. The average Bonchev–Trinajstić information content (AvgIpc) is 2.37. The summed E-state index contributed by atoms with van der Waals surface area (Å²) in [7, 11) is 1.37. The van der Waals surface area contributed by atoms with Gasteiger partial charge in [0.05, 0.1) is 18.4 Å². The molecule has 0 aliphatic heterocycles. The number of para-hydroxylation sites is 1. The van der Waals surface area contributed by atoms with Crippen molar-refractivity contribution in [1.82, 2.24) is 0 Å². The highest BCUT2D eigenvalue weighted by Crippen LogP contribution is 2.21. The first-order valence-electron chi connectivity index (χ1n) is 5.28. The summed E-state index contributed by atoms with van der Waals surface area (Å²) < 4.78 is 4.75. The molecule has 1 aromatic carbocycles. The van der Waals surface area contributed by atoms with Gasteiger partial charge in [-0.1, -0.05) is 12.1 Å². The van der Waals surface area contributed by atoms with Gasteiger partial charge in [-0.25, -0.2) is 4.79 Å². The standard InChI is InChI=1S/C12H15Cl2NO2/c1-17-12(16)10-4-2-3-5-11(10)15(8-6-13)9-7-14/h2-5H,6-9H2,1H3. The van der Waals surface area contributed by atoms with Crippen molar-refractivity contribution >= 4 is 34.9 Å². The van der Waals surface area contributed by atoms with Crippen LogP contribution in [0.2, 0.25) is 0 Å². The molecule has 0 unspecified atom stereocenters. The molecular weight excluding hydrogens is 261 g/mol. The molecular formula is C12H15Cl2NO2. The van der Waals surface area contributed by atoms with E-state index in [0.717, 1.165) is 5.69 Å². The van der Waals surface area contributed by atoms with Gasteiger partial charge in [0.2, 0.25) is 0 Å². The molecule has 94 valence electrons. The summed E-state index contributed by atoms with van der Waals surface area (Å²) in [6.07, 6.45) is 0. The molecule has 3 nitrogen and oxygen atoms in total. The number of carbonyl (C=O) groups excluding carboxylic acids is 1. The van der Waals surface area contributed by atoms with Gasteiger partial charge in [0, 0.05) is 24.8 Å². The molecule has 5 heteroatoms. The Morgan fingerprint density at radius 3 is 2.35 bits per heavy atom. The lowest BCUT2D eigenvalue weighted by Gasteiger charge is -2.24. The van der Waals surface area contributed by atoms with Crippen LogP contribution in [0.5, 0.6) is 0 Å². The van der Waals surface area contributed by atoms with Crippen molar-refractivity contribution in [2.24, 2.45) is 0 Å². The molecule has 1 rings (SSSR count). The molecule has 1 aromatic rings. The Balaban J connectivity index is 3.04. The number of alkyl halides is 2. The second kappa shape index (κ2) is 7.41. The lowest BCUT2D eigenvalue weighted by Crippen LogP contribution is -2.29. The summed E-state index contributed by atoms with van der Waals surface area (Å²) in [5.41, 5.74) is 1.34. The van der Waals surface area contributed by atoms with E-state index in [9.17, 15) is 4.79 Å². The van der Waals surface area contributed by atoms with E-state index in [0.29, 0.717) is 30.4 Å². The van der Waals surface area contributed by atoms with Gasteiger partial charge in [0.1, 0.15) is 0 Å². The predicted molar refractivity (Wildman–Crippen MR) is 71.4 cm³/mol. The van der Waals surface area contributed by atoms with E-state index in [4.69, 9.17) is 27.9 Å². The van der Waals surface area contributed by atoms with Crippen LogP contribution < -0.4 is 4.90 Å². The van der Waals surface area contributed by atoms with E-state index >= 15 is 0 Å². The molecule has 0 aliphatic carbocycles. The Bertz CT molecular complexity index is 365. The van der Waals surface area contributed by atoms with Gasteiger partial charge in [0.25, 0.3) is 0 Å². The zero-order chi connectivity index (χ0) is 12.7. The van der Waals surface area contributed by atoms with E-state index < -0.39 is 0 Å². The largest absolute Gasteiger partial charge is 0.465 e. The molecule has 0 bridgehead atoms. The number of benzene rings is 1. The van der Waals surface area contributed by atoms with Crippen LogP contribution in [-0.2, 0) is 4.74 Å². The Hall–Kier alpha value is -0.930. The fourth-order valence-corrected chi connectivity index (χ4v) is 2.00. The third-order valence-corrected chi connectivity index (χ3v) is 2.70. The molecule has 0 saturated heterocycles. The molecule has 0 amide bonds. The van der Waals surface area contributed by atoms with Gasteiger partial charge >= 0.3 is 5.97 Å². The van der Waals surface area contributed by atoms with E-state index in [2.05, 4.69) is 0 Å². The summed E-state index contributed by atoms with van der Waals surface area (Å²) >= 11 is 11.5. The molecule has 17 heavy (non-hydrogen) atoms. The van der Waals surface area contributed by atoms with E-state index in [-0.39, 0.29) is 5.97 Å². The molecule has 0 fully saturated rings. The lowest BCUT2D eigenvalue weighted by atomic mass is 10.1. The number of halogens is 2. The van der Waals surface area contributed by atoms with E-state index in [1.165, 1.54) is 7.11 Å². The Morgan fingerprint density at radius 2 is 1.82 bits per heavy atom. The summed E-state index contributed by atoms with van der Waals surface area (Å²) in [6, 6.07) is 7.27. The summed E-state index contributed by atoms with van der Waals surface area (Å²) in [5.74, 6) is 0.605. The van der Waals surface area contributed by atoms with Crippen LogP contribution in [0.25, 0.3) is 0 Å². The number of carbonyl (C=O) groups is 1.